The summed E-state index contributed by atoms with van der Waals surface area (Å²) < 4.78 is 7.35. The Morgan fingerprint density at radius 3 is 2.71 bits per heavy atom. The van der Waals surface area contributed by atoms with Gasteiger partial charge in [-0.2, -0.15) is 0 Å². The number of imide groups is 1. The number of fused-ring (bicyclic) bond motifs is 2. The van der Waals surface area contributed by atoms with Gasteiger partial charge in [0, 0.05) is 34.9 Å². The van der Waals surface area contributed by atoms with Crippen molar-refractivity contribution in [2.24, 2.45) is 17.3 Å². The first kappa shape index (κ1) is 21.7. The Bertz CT molecular complexity index is 1290. The molecule has 1 aliphatic carbocycles. The average molecular weight is 477 g/mol. The molecule has 2 saturated heterocycles. The number of thiophene rings is 1. The van der Waals surface area contributed by atoms with Gasteiger partial charge in [0.05, 0.1) is 28.6 Å². The first-order valence-corrected chi connectivity index (χ1v) is 12.7. The van der Waals surface area contributed by atoms with Gasteiger partial charge in [0.1, 0.15) is 6.10 Å². The molecule has 176 valence electrons. The molecule has 8 heteroatoms. The standard InChI is InChI=1S/C26H28N4O3S/c1-14-9-18(23(29-11-14)33-15-5-4-7-27-12-15)17-6-8-28-19-10-16(34-22(17)19)13-30-24(31)20-21(25(30)32)26(20,2)3/h6,8-11,15,20-21,27H,4-5,7,12-13H2,1-3H3/t15-,20?,21?/m0/s1. The Morgan fingerprint density at radius 2 is 1.97 bits per heavy atom. The minimum absolute atomic E-state index is 0.0368. The van der Waals surface area contributed by atoms with Gasteiger partial charge in [0.15, 0.2) is 0 Å². The second-order valence-corrected chi connectivity index (χ2v) is 11.4. The molecular formula is C26H28N4O3S. The third kappa shape index (κ3) is 3.43. The molecule has 7 nitrogen and oxygen atoms in total. The van der Waals surface area contributed by atoms with E-state index in [2.05, 4.69) is 21.4 Å². The van der Waals surface area contributed by atoms with E-state index in [4.69, 9.17) is 4.74 Å². The molecule has 2 aliphatic heterocycles. The van der Waals surface area contributed by atoms with Crippen LogP contribution in [0.5, 0.6) is 5.88 Å². The highest BCUT2D eigenvalue weighted by molar-refractivity contribution is 7.19. The smallest absolute Gasteiger partial charge is 0.234 e. The number of carbonyl (C=O) groups is 2. The first-order chi connectivity index (χ1) is 16.3. The van der Waals surface area contributed by atoms with Crippen LogP contribution in [0.4, 0.5) is 0 Å². The number of ether oxygens (including phenoxy) is 1. The van der Waals surface area contributed by atoms with Gasteiger partial charge in [-0.1, -0.05) is 13.8 Å². The Morgan fingerprint density at radius 1 is 1.18 bits per heavy atom. The molecule has 0 spiro atoms. The Labute approximate surface area is 202 Å². The number of pyridine rings is 2. The molecule has 3 aromatic heterocycles. The van der Waals surface area contributed by atoms with Crippen LogP contribution in [-0.4, -0.2) is 45.9 Å². The summed E-state index contributed by atoms with van der Waals surface area (Å²) in [5.41, 5.74) is 3.68. The molecule has 3 fully saturated rings. The zero-order valence-corrected chi connectivity index (χ0v) is 20.4. The maximum absolute atomic E-state index is 12.8. The number of amides is 2. The van der Waals surface area contributed by atoms with Crippen LogP contribution < -0.4 is 10.1 Å². The molecule has 1 N–H and O–H groups in total. The highest BCUT2D eigenvalue weighted by Crippen LogP contribution is 2.63. The summed E-state index contributed by atoms with van der Waals surface area (Å²) in [4.78, 5) is 37.2. The van der Waals surface area contributed by atoms with E-state index in [1.807, 2.05) is 39.1 Å². The van der Waals surface area contributed by atoms with Gasteiger partial charge in [-0.3, -0.25) is 19.5 Å². The molecule has 34 heavy (non-hydrogen) atoms. The van der Waals surface area contributed by atoms with Crippen molar-refractivity contribution in [2.45, 2.75) is 46.3 Å². The molecule has 0 aromatic carbocycles. The van der Waals surface area contributed by atoms with Crippen molar-refractivity contribution in [2.75, 3.05) is 13.1 Å². The van der Waals surface area contributed by atoms with Crippen LogP contribution in [0, 0.1) is 24.2 Å². The van der Waals surface area contributed by atoms with E-state index in [1.54, 1.807) is 17.5 Å². The topological polar surface area (TPSA) is 84.4 Å². The van der Waals surface area contributed by atoms with Gasteiger partial charge in [-0.15, -0.1) is 11.3 Å². The fraction of sp³-hybridized carbons (Fsp3) is 0.462. The molecule has 0 radical (unpaired) electrons. The average Bonchev–Trinajstić information content (AvgIpc) is 3.06. The molecule has 2 unspecified atom stereocenters. The summed E-state index contributed by atoms with van der Waals surface area (Å²) in [6, 6.07) is 6.10. The van der Waals surface area contributed by atoms with Crippen LogP contribution >= 0.6 is 11.3 Å². The zero-order chi connectivity index (χ0) is 23.6. The number of carbonyl (C=O) groups excluding carboxylic acids is 2. The lowest BCUT2D eigenvalue weighted by atomic mass is 10.1. The van der Waals surface area contributed by atoms with Crippen LogP contribution in [0.25, 0.3) is 21.3 Å². The van der Waals surface area contributed by atoms with Crippen LogP contribution in [0.2, 0.25) is 0 Å². The van der Waals surface area contributed by atoms with E-state index in [9.17, 15) is 9.59 Å². The van der Waals surface area contributed by atoms with Gasteiger partial charge in [-0.25, -0.2) is 4.98 Å². The number of nitrogens with zero attached hydrogens (tertiary/aromatic N) is 3. The van der Waals surface area contributed by atoms with E-state index >= 15 is 0 Å². The molecular weight excluding hydrogens is 448 g/mol. The van der Waals surface area contributed by atoms with Crippen molar-refractivity contribution in [1.29, 1.82) is 0 Å². The number of aromatic nitrogens is 2. The van der Waals surface area contributed by atoms with Gasteiger partial charge in [0.25, 0.3) is 0 Å². The third-order valence-electron chi connectivity index (χ3n) is 7.48. The molecule has 1 saturated carbocycles. The summed E-state index contributed by atoms with van der Waals surface area (Å²) in [5, 5.41) is 3.39. The number of rotatable bonds is 5. The van der Waals surface area contributed by atoms with Crippen molar-refractivity contribution in [3.05, 3.63) is 41.0 Å². The number of hydrogen-bond acceptors (Lipinski definition) is 7. The Kier molecular flexibility index (Phi) is 5.00. The normalized spacial score (nSPS) is 25.6. The van der Waals surface area contributed by atoms with Gasteiger partial charge >= 0.3 is 0 Å². The van der Waals surface area contributed by atoms with E-state index in [-0.39, 0.29) is 35.2 Å². The lowest BCUT2D eigenvalue weighted by molar-refractivity contribution is -0.143. The minimum atomic E-state index is -0.192. The maximum atomic E-state index is 12.8. The molecule has 3 aliphatic rings. The van der Waals surface area contributed by atoms with E-state index in [1.165, 1.54) is 4.90 Å². The molecule has 3 atom stereocenters. The van der Waals surface area contributed by atoms with Crippen molar-refractivity contribution in [3.63, 3.8) is 0 Å². The van der Waals surface area contributed by atoms with Crippen molar-refractivity contribution in [3.8, 4) is 17.0 Å². The largest absolute Gasteiger partial charge is 0.473 e. The number of hydrogen-bond donors (Lipinski definition) is 1. The van der Waals surface area contributed by atoms with Gasteiger partial charge < -0.3 is 10.1 Å². The van der Waals surface area contributed by atoms with E-state index in [0.717, 1.165) is 57.7 Å². The van der Waals surface area contributed by atoms with E-state index < -0.39 is 0 Å². The molecule has 0 bridgehead atoms. The fourth-order valence-electron chi connectivity index (χ4n) is 5.51. The number of aryl methyl sites for hydroxylation is 1. The van der Waals surface area contributed by atoms with Crippen molar-refractivity contribution >= 4 is 33.4 Å². The summed E-state index contributed by atoms with van der Waals surface area (Å²) in [6.07, 6.45) is 5.83. The highest BCUT2D eigenvalue weighted by Gasteiger charge is 2.72. The fourth-order valence-corrected chi connectivity index (χ4v) is 6.65. The van der Waals surface area contributed by atoms with Crippen molar-refractivity contribution < 1.29 is 14.3 Å². The van der Waals surface area contributed by atoms with Crippen LogP contribution in [-0.2, 0) is 16.1 Å². The molecule has 6 rings (SSSR count). The third-order valence-corrected chi connectivity index (χ3v) is 8.62. The van der Waals surface area contributed by atoms with Crippen LogP contribution in [0.1, 0.15) is 37.1 Å². The maximum Gasteiger partial charge on any atom is 0.234 e. The van der Waals surface area contributed by atoms with Gasteiger partial charge in [0.2, 0.25) is 17.7 Å². The Balaban J connectivity index is 1.33. The monoisotopic (exact) mass is 476 g/mol. The predicted molar refractivity (Wildman–Crippen MR) is 130 cm³/mol. The molecule has 3 aromatic rings. The van der Waals surface area contributed by atoms with Crippen LogP contribution in [0.15, 0.2) is 30.6 Å². The quantitative estimate of drug-likeness (QED) is 0.562. The van der Waals surface area contributed by atoms with Crippen molar-refractivity contribution in [1.82, 2.24) is 20.2 Å². The minimum Gasteiger partial charge on any atom is -0.473 e. The zero-order valence-electron chi connectivity index (χ0n) is 19.6. The summed E-state index contributed by atoms with van der Waals surface area (Å²) in [6.45, 7) is 8.19. The lowest BCUT2D eigenvalue weighted by Gasteiger charge is -2.24. The predicted octanol–water partition coefficient (Wildman–Crippen LogP) is 3.94. The number of piperidine rings is 2. The SMILES string of the molecule is Cc1cnc(O[C@H]2CCCNC2)c(-c2ccnc3cc(CN4C(=O)C5C(C4=O)C5(C)C)sc23)c1. The second-order valence-electron chi connectivity index (χ2n) is 10.3. The van der Waals surface area contributed by atoms with Crippen LogP contribution in [0.3, 0.4) is 0 Å². The first-order valence-electron chi connectivity index (χ1n) is 11.9. The Hall–Kier alpha value is -2.84. The lowest BCUT2D eigenvalue weighted by Crippen LogP contribution is -2.37. The number of nitrogens with one attached hydrogen (secondary N) is 1. The van der Waals surface area contributed by atoms with Gasteiger partial charge in [-0.05, 0) is 55.5 Å². The summed E-state index contributed by atoms with van der Waals surface area (Å²) in [7, 11) is 0. The molecule has 2 amide bonds. The number of likely N-dealkylation sites (tertiary alicyclic amines) is 1. The highest BCUT2D eigenvalue weighted by atomic mass is 32.1. The molecule has 5 heterocycles. The summed E-state index contributed by atoms with van der Waals surface area (Å²) in [5.74, 6) is 0.246. The van der Waals surface area contributed by atoms with E-state index in [0.29, 0.717) is 12.4 Å². The second kappa shape index (κ2) is 7.85. The summed E-state index contributed by atoms with van der Waals surface area (Å²) >= 11 is 1.58.